The number of esters is 2. The van der Waals surface area contributed by atoms with E-state index in [-0.39, 0.29) is 6.42 Å². The predicted molar refractivity (Wildman–Crippen MR) is 86.3 cm³/mol. The van der Waals surface area contributed by atoms with Gasteiger partial charge in [-0.25, -0.2) is 14.5 Å². The number of carbonyl (C=O) groups excluding carboxylic acids is 4. The number of nitrogens with zero attached hydrogens (tertiary/aromatic N) is 1. The molecule has 25 heavy (non-hydrogen) atoms. The zero-order chi connectivity index (χ0) is 18.6. The van der Waals surface area contributed by atoms with Crippen LogP contribution in [0.4, 0.5) is 4.79 Å². The number of urea groups is 1. The maximum atomic E-state index is 12.3. The molecule has 0 saturated carbocycles. The van der Waals surface area contributed by atoms with E-state index in [0.29, 0.717) is 0 Å². The first kappa shape index (κ1) is 18.4. The fourth-order valence-corrected chi connectivity index (χ4v) is 2.80. The van der Waals surface area contributed by atoms with Crippen molar-refractivity contribution < 1.29 is 28.7 Å². The lowest BCUT2D eigenvalue weighted by molar-refractivity contribution is -0.160. The van der Waals surface area contributed by atoms with Crippen LogP contribution in [0.15, 0.2) is 30.3 Å². The van der Waals surface area contributed by atoms with Crippen LogP contribution < -0.4 is 5.32 Å². The van der Waals surface area contributed by atoms with Crippen molar-refractivity contribution in [2.24, 2.45) is 5.92 Å². The molecule has 2 unspecified atom stereocenters. The average molecular weight is 348 g/mol. The first-order valence-corrected chi connectivity index (χ1v) is 7.73. The molecule has 0 aliphatic carbocycles. The van der Waals surface area contributed by atoms with Gasteiger partial charge in [0.2, 0.25) is 0 Å². The predicted octanol–water partition coefficient (Wildman–Crippen LogP) is 0.500. The van der Waals surface area contributed by atoms with Gasteiger partial charge in [0.05, 0.1) is 20.1 Å². The van der Waals surface area contributed by atoms with Crippen molar-refractivity contribution in [1.29, 1.82) is 0 Å². The summed E-state index contributed by atoms with van der Waals surface area (Å²) < 4.78 is 9.55. The summed E-state index contributed by atoms with van der Waals surface area (Å²) in [5.41, 5.74) is 0.756. The molecule has 3 atom stereocenters. The summed E-state index contributed by atoms with van der Waals surface area (Å²) in [5, 5.41) is 2.43. The van der Waals surface area contributed by atoms with Gasteiger partial charge in [-0.3, -0.25) is 9.59 Å². The van der Waals surface area contributed by atoms with Crippen LogP contribution in [0.5, 0.6) is 0 Å². The molecule has 8 heteroatoms. The Morgan fingerprint density at radius 2 is 1.72 bits per heavy atom. The minimum absolute atomic E-state index is 0.110. The Labute approximate surface area is 145 Å². The molecule has 1 aromatic rings. The Balaban J connectivity index is 2.43. The number of rotatable bonds is 6. The lowest BCUT2D eigenvalue weighted by atomic mass is 9.91. The Morgan fingerprint density at radius 1 is 1.12 bits per heavy atom. The fraction of sp³-hybridized carbons (Fsp3) is 0.412. The van der Waals surface area contributed by atoms with Crippen molar-refractivity contribution in [3.8, 4) is 0 Å². The maximum absolute atomic E-state index is 12.3. The number of ether oxygens (including phenoxy) is 2. The first-order valence-electron chi connectivity index (χ1n) is 7.73. The summed E-state index contributed by atoms with van der Waals surface area (Å²) in [5.74, 6) is -3.24. The third-order valence-corrected chi connectivity index (χ3v) is 4.07. The van der Waals surface area contributed by atoms with E-state index in [0.717, 1.165) is 17.6 Å². The van der Waals surface area contributed by atoms with Gasteiger partial charge < -0.3 is 14.8 Å². The highest BCUT2D eigenvalue weighted by Crippen LogP contribution is 2.23. The summed E-state index contributed by atoms with van der Waals surface area (Å²) in [4.78, 5) is 49.9. The molecule has 3 amide bonds. The van der Waals surface area contributed by atoms with Gasteiger partial charge in [0.1, 0.15) is 6.04 Å². The summed E-state index contributed by atoms with van der Waals surface area (Å²) in [6.45, 7) is 1.50. The molecular formula is C17H20N2O6. The van der Waals surface area contributed by atoms with E-state index in [1.165, 1.54) is 14.0 Å². The molecule has 1 saturated heterocycles. The second-order valence-corrected chi connectivity index (χ2v) is 5.67. The van der Waals surface area contributed by atoms with Crippen LogP contribution in [0.25, 0.3) is 0 Å². The lowest BCUT2D eigenvalue weighted by Crippen LogP contribution is -2.53. The summed E-state index contributed by atoms with van der Waals surface area (Å²) in [7, 11) is 2.32. The van der Waals surface area contributed by atoms with Gasteiger partial charge in [-0.1, -0.05) is 30.3 Å². The van der Waals surface area contributed by atoms with Crippen LogP contribution in [0, 0.1) is 5.92 Å². The smallest absolute Gasteiger partial charge is 0.330 e. The minimum Gasteiger partial charge on any atom is -0.469 e. The molecule has 1 aliphatic rings. The molecule has 134 valence electrons. The van der Waals surface area contributed by atoms with E-state index < -0.39 is 41.9 Å². The van der Waals surface area contributed by atoms with E-state index in [1.54, 1.807) is 24.3 Å². The summed E-state index contributed by atoms with van der Waals surface area (Å²) in [6.07, 6.45) is 0.110. The van der Waals surface area contributed by atoms with E-state index in [1.807, 2.05) is 6.07 Å². The van der Waals surface area contributed by atoms with Crippen molar-refractivity contribution in [2.75, 3.05) is 14.2 Å². The highest BCUT2D eigenvalue weighted by atomic mass is 16.5. The molecule has 1 N–H and O–H groups in total. The molecule has 1 heterocycles. The largest absolute Gasteiger partial charge is 0.469 e. The Morgan fingerprint density at radius 3 is 2.20 bits per heavy atom. The quantitative estimate of drug-likeness (QED) is 0.593. The molecular weight excluding hydrogens is 328 g/mol. The van der Waals surface area contributed by atoms with Gasteiger partial charge in [-0.05, 0) is 18.9 Å². The number of amides is 3. The van der Waals surface area contributed by atoms with Gasteiger partial charge in [0.25, 0.3) is 5.91 Å². The van der Waals surface area contributed by atoms with E-state index in [4.69, 9.17) is 9.47 Å². The third-order valence-electron chi connectivity index (χ3n) is 4.07. The zero-order valence-electron chi connectivity index (χ0n) is 14.2. The van der Waals surface area contributed by atoms with Crippen molar-refractivity contribution in [1.82, 2.24) is 10.2 Å². The van der Waals surface area contributed by atoms with Gasteiger partial charge in [-0.15, -0.1) is 0 Å². The molecule has 0 spiro atoms. The number of benzene rings is 1. The topological polar surface area (TPSA) is 102 Å². The third kappa shape index (κ3) is 3.78. The Hall–Kier alpha value is -2.90. The second-order valence-electron chi connectivity index (χ2n) is 5.67. The molecule has 0 aromatic heterocycles. The average Bonchev–Trinajstić information content (AvgIpc) is 2.87. The number of nitrogens with one attached hydrogen (secondary N) is 1. The number of imide groups is 1. The van der Waals surface area contributed by atoms with Gasteiger partial charge in [0.15, 0.2) is 6.04 Å². The molecule has 0 bridgehead atoms. The SMILES string of the molecule is COC(=O)C(Cc1ccccc1)C(C(=O)OC)N1C(=O)N[C@@H](C)C1=O. The van der Waals surface area contributed by atoms with Crippen molar-refractivity contribution in [2.45, 2.75) is 25.4 Å². The van der Waals surface area contributed by atoms with E-state index in [9.17, 15) is 19.2 Å². The lowest BCUT2D eigenvalue weighted by Gasteiger charge is -2.29. The minimum atomic E-state index is -1.41. The molecule has 0 radical (unpaired) electrons. The van der Waals surface area contributed by atoms with Gasteiger partial charge >= 0.3 is 18.0 Å². The van der Waals surface area contributed by atoms with E-state index >= 15 is 0 Å². The molecule has 1 aromatic carbocycles. The first-order chi connectivity index (χ1) is 11.9. The summed E-state index contributed by atoms with van der Waals surface area (Å²) in [6, 6.07) is 6.00. The molecule has 2 rings (SSSR count). The molecule has 1 aliphatic heterocycles. The Bertz CT molecular complexity index is 675. The number of hydrogen-bond donors (Lipinski definition) is 1. The fourth-order valence-electron chi connectivity index (χ4n) is 2.80. The van der Waals surface area contributed by atoms with Crippen LogP contribution in [-0.2, 0) is 30.3 Å². The van der Waals surface area contributed by atoms with Crippen molar-refractivity contribution in [3.63, 3.8) is 0 Å². The highest BCUT2D eigenvalue weighted by molar-refractivity contribution is 6.07. The normalized spacial score (nSPS) is 19.2. The van der Waals surface area contributed by atoms with Crippen molar-refractivity contribution >= 4 is 23.9 Å². The number of hydrogen-bond acceptors (Lipinski definition) is 6. The van der Waals surface area contributed by atoms with E-state index in [2.05, 4.69) is 5.32 Å². The molecule has 8 nitrogen and oxygen atoms in total. The number of carbonyl (C=O) groups is 4. The Kier molecular flexibility index (Phi) is 5.74. The highest BCUT2D eigenvalue weighted by Gasteiger charge is 2.49. The van der Waals surface area contributed by atoms with Crippen molar-refractivity contribution in [3.05, 3.63) is 35.9 Å². The van der Waals surface area contributed by atoms with Crippen LogP contribution in [0.3, 0.4) is 0 Å². The number of methoxy groups -OCH3 is 2. The monoisotopic (exact) mass is 348 g/mol. The zero-order valence-corrected chi connectivity index (χ0v) is 14.2. The van der Waals surface area contributed by atoms with Gasteiger partial charge in [-0.2, -0.15) is 0 Å². The second kappa shape index (κ2) is 7.78. The van der Waals surface area contributed by atoms with Crippen LogP contribution in [0.2, 0.25) is 0 Å². The van der Waals surface area contributed by atoms with Crippen LogP contribution in [0.1, 0.15) is 12.5 Å². The molecule has 1 fully saturated rings. The summed E-state index contributed by atoms with van der Waals surface area (Å²) >= 11 is 0. The van der Waals surface area contributed by atoms with Crippen LogP contribution >= 0.6 is 0 Å². The van der Waals surface area contributed by atoms with Gasteiger partial charge in [0, 0.05) is 0 Å². The maximum Gasteiger partial charge on any atom is 0.330 e. The standard InChI is InChI=1S/C17H20N2O6/c1-10-14(20)19(17(23)18-10)13(16(22)25-3)12(15(21)24-2)9-11-7-5-4-6-8-11/h4-8,10,12-13H,9H2,1-3H3,(H,18,23)/t10-,12?,13?/m0/s1. The van der Waals surface area contributed by atoms with Crippen LogP contribution in [-0.4, -0.2) is 55.1 Å².